The molecule has 2 aromatic rings. The van der Waals surface area contributed by atoms with Gasteiger partial charge in [-0.05, 0) is 30.5 Å². The molecule has 0 spiro atoms. The van der Waals surface area contributed by atoms with Gasteiger partial charge in [-0.15, -0.1) is 12.4 Å². The van der Waals surface area contributed by atoms with Crippen LogP contribution < -0.4 is 5.73 Å². The van der Waals surface area contributed by atoms with Crippen LogP contribution in [0.4, 0.5) is 0 Å². The Bertz CT molecular complexity index is 978. The van der Waals surface area contributed by atoms with E-state index >= 15 is 0 Å². The molecular weight excluding hydrogens is 400 g/mol. The molecule has 5 rings (SSSR count). The fourth-order valence-corrected chi connectivity index (χ4v) is 5.44. The molecule has 30 heavy (non-hydrogen) atoms. The lowest BCUT2D eigenvalue weighted by Gasteiger charge is -2.29. The number of nitrogens with zero attached hydrogens (tertiary/aromatic N) is 2. The summed E-state index contributed by atoms with van der Waals surface area (Å²) in [7, 11) is 0. The van der Waals surface area contributed by atoms with E-state index in [1.165, 1.54) is 4.90 Å². The van der Waals surface area contributed by atoms with Crippen molar-refractivity contribution in [2.75, 3.05) is 6.54 Å². The van der Waals surface area contributed by atoms with Crippen molar-refractivity contribution in [3.05, 3.63) is 71.3 Å². The molecule has 1 unspecified atom stereocenters. The first-order valence-electron chi connectivity index (χ1n) is 10.2. The van der Waals surface area contributed by atoms with Crippen LogP contribution in [0.3, 0.4) is 0 Å². The number of nitrogens with one attached hydrogen (secondary N) is 1. The maximum Gasteiger partial charge on any atom is 0.235 e. The van der Waals surface area contributed by atoms with Crippen LogP contribution in [0.15, 0.2) is 54.6 Å². The average Bonchev–Trinajstić information content (AvgIpc) is 3.37. The van der Waals surface area contributed by atoms with Crippen molar-refractivity contribution < 1.29 is 9.59 Å². The van der Waals surface area contributed by atoms with Gasteiger partial charge in [-0.2, -0.15) is 0 Å². The van der Waals surface area contributed by atoms with Crippen LogP contribution in [-0.2, 0) is 16.1 Å². The molecule has 7 heteroatoms. The number of hydrogen-bond acceptors (Lipinski definition) is 4. The number of benzene rings is 2. The molecule has 6 nitrogen and oxygen atoms in total. The van der Waals surface area contributed by atoms with Gasteiger partial charge in [0.1, 0.15) is 5.84 Å². The summed E-state index contributed by atoms with van der Waals surface area (Å²) >= 11 is 0. The van der Waals surface area contributed by atoms with Gasteiger partial charge >= 0.3 is 0 Å². The van der Waals surface area contributed by atoms with E-state index < -0.39 is 0 Å². The molecule has 2 amide bonds. The maximum absolute atomic E-state index is 13.4. The normalized spacial score (nSPS) is 27.7. The molecule has 156 valence electrons. The molecule has 0 radical (unpaired) electrons. The molecule has 2 aromatic carbocycles. The Balaban J connectivity index is 0.00000218. The molecule has 0 aromatic heterocycles. The Morgan fingerprint density at radius 2 is 1.67 bits per heavy atom. The third kappa shape index (κ3) is 3.11. The largest absolute Gasteiger partial charge is 0.384 e. The van der Waals surface area contributed by atoms with E-state index in [1.807, 2.05) is 54.6 Å². The summed E-state index contributed by atoms with van der Waals surface area (Å²) in [6.07, 6.45) is 2.01. The van der Waals surface area contributed by atoms with E-state index in [-0.39, 0.29) is 54.0 Å². The van der Waals surface area contributed by atoms with Gasteiger partial charge in [0.25, 0.3) is 0 Å². The van der Waals surface area contributed by atoms with Crippen molar-refractivity contribution >= 4 is 30.1 Å². The van der Waals surface area contributed by atoms with Gasteiger partial charge in [0, 0.05) is 17.6 Å². The van der Waals surface area contributed by atoms with Crippen molar-refractivity contribution in [3.8, 4) is 0 Å². The Morgan fingerprint density at radius 3 is 2.33 bits per heavy atom. The lowest BCUT2D eigenvalue weighted by atomic mass is 9.85. The fraction of sp³-hybridized carbons (Fsp3) is 0.348. The second-order valence-electron chi connectivity index (χ2n) is 8.23. The smallest absolute Gasteiger partial charge is 0.235 e. The van der Waals surface area contributed by atoms with Gasteiger partial charge in [-0.3, -0.25) is 24.8 Å². The lowest BCUT2D eigenvalue weighted by Crippen LogP contribution is -2.38. The number of rotatable bonds is 4. The molecule has 0 aliphatic carbocycles. The summed E-state index contributed by atoms with van der Waals surface area (Å²) in [4.78, 5) is 30.5. The third-order valence-electron chi connectivity index (χ3n) is 6.69. The van der Waals surface area contributed by atoms with Gasteiger partial charge in [-0.25, -0.2) is 0 Å². The number of likely N-dealkylation sites (tertiary alicyclic amines) is 1. The predicted octanol–water partition coefficient (Wildman–Crippen LogP) is 2.71. The number of hydrogen-bond donors (Lipinski definition) is 2. The summed E-state index contributed by atoms with van der Waals surface area (Å²) in [6, 6.07) is 17.3. The highest BCUT2D eigenvalue weighted by atomic mass is 35.5. The van der Waals surface area contributed by atoms with Crippen molar-refractivity contribution in [1.82, 2.24) is 9.80 Å². The topological polar surface area (TPSA) is 90.5 Å². The number of amides is 2. The number of nitrogens with two attached hydrogens (primary N) is 1. The Hall–Kier alpha value is -2.70. The van der Waals surface area contributed by atoms with Crippen molar-refractivity contribution in [1.29, 1.82) is 5.41 Å². The van der Waals surface area contributed by atoms with Crippen molar-refractivity contribution in [2.24, 2.45) is 17.6 Å². The van der Waals surface area contributed by atoms with E-state index in [4.69, 9.17) is 11.1 Å². The quantitative estimate of drug-likeness (QED) is 0.448. The number of amidine groups is 1. The number of nitrogen functional groups attached to an aromatic ring is 1. The van der Waals surface area contributed by atoms with Crippen LogP contribution in [0, 0.1) is 17.2 Å². The summed E-state index contributed by atoms with van der Waals surface area (Å²) in [5, 5.41) is 7.60. The number of halogens is 1. The Kier molecular flexibility index (Phi) is 5.38. The number of fused-ring (bicyclic) bond motifs is 3. The van der Waals surface area contributed by atoms with E-state index in [2.05, 4.69) is 4.90 Å². The van der Waals surface area contributed by atoms with Crippen LogP contribution in [-0.4, -0.2) is 40.0 Å². The van der Waals surface area contributed by atoms with E-state index in [0.717, 1.165) is 30.5 Å². The van der Waals surface area contributed by atoms with Crippen LogP contribution >= 0.6 is 12.4 Å². The Labute approximate surface area is 182 Å². The zero-order chi connectivity index (χ0) is 20.1. The second kappa shape index (κ2) is 7.85. The highest BCUT2D eigenvalue weighted by molar-refractivity contribution is 6.06. The minimum Gasteiger partial charge on any atom is -0.384 e. The van der Waals surface area contributed by atoms with Crippen molar-refractivity contribution in [3.63, 3.8) is 0 Å². The zero-order valence-corrected chi connectivity index (χ0v) is 17.3. The van der Waals surface area contributed by atoms with Crippen molar-refractivity contribution in [2.45, 2.75) is 31.5 Å². The molecule has 3 saturated heterocycles. The molecule has 3 fully saturated rings. The predicted molar refractivity (Wildman–Crippen MR) is 116 cm³/mol. The lowest BCUT2D eigenvalue weighted by molar-refractivity contribution is -0.142. The second-order valence-corrected chi connectivity index (χ2v) is 8.23. The fourth-order valence-electron chi connectivity index (χ4n) is 5.44. The standard InChI is InChI=1S/C23H24N4O2.ClH/c24-21(25)16-10-8-15(9-11-16)20-19-18(17-7-4-12-26(17)20)22(28)27(23(19)29)13-14-5-2-1-3-6-14;/h1-3,5-6,8-11,17-20H,4,7,12-13H2,(H3,24,25);1H/t17?,18-,19-,20-;/m0./s1. The summed E-state index contributed by atoms with van der Waals surface area (Å²) in [5.41, 5.74) is 8.25. The number of imide groups is 1. The van der Waals surface area contributed by atoms with E-state index in [0.29, 0.717) is 12.1 Å². The molecule has 3 N–H and O–H groups in total. The van der Waals surface area contributed by atoms with Crippen LogP contribution in [0.1, 0.15) is 35.6 Å². The highest BCUT2D eigenvalue weighted by Crippen LogP contribution is 2.53. The summed E-state index contributed by atoms with van der Waals surface area (Å²) < 4.78 is 0. The molecule has 4 atom stereocenters. The first-order valence-corrected chi connectivity index (χ1v) is 10.2. The zero-order valence-electron chi connectivity index (χ0n) is 16.5. The summed E-state index contributed by atoms with van der Waals surface area (Å²) in [6.45, 7) is 1.25. The molecule has 3 heterocycles. The highest BCUT2D eigenvalue weighted by Gasteiger charge is 2.62. The first kappa shape index (κ1) is 20.6. The van der Waals surface area contributed by atoms with E-state index in [1.54, 1.807) is 0 Å². The Morgan fingerprint density at radius 1 is 1.00 bits per heavy atom. The molecule has 3 aliphatic heterocycles. The van der Waals surface area contributed by atoms with Gasteiger partial charge in [0.2, 0.25) is 11.8 Å². The monoisotopic (exact) mass is 424 g/mol. The minimum atomic E-state index is -0.334. The van der Waals surface area contributed by atoms with Gasteiger partial charge in [0.15, 0.2) is 0 Å². The number of carbonyl (C=O) groups is 2. The van der Waals surface area contributed by atoms with Gasteiger partial charge in [0.05, 0.1) is 18.4 Å². The van der Waals surface area contributed by atoms with Crippen LogP contribution in [0.5, 0.6) is 0 Å². The SMILES string of the molecule is Cl.N=C(N)c1ccc([C@H]2[C@H]3C(=O)N(Cc4ccccc4)C(=O)[C@H]3C3CCCN32)cc1. The maximum atomic E-state index is 13.4. The van der Waals surface area contributed by atoms with E-state index in [9.17, 15) is 9.59 Å². The van der Waals surface area contributed by atoms with Crippen LogP contribution in [0.25, 0.3) is 0 Å². The number of carbonyl (C=O) groups excluding carboxylic acids is 2. The molecule has 0 bridgehead atoms. The summed E-state index contributed by atoms with van der Waals surface area (Å²) in [5.74, 6) is -0.644. The average molecular weight is 425 g/mol. The molecule has 0 saturated carbocycles. The van der Waals surface area contributed by atoms with Crippen LogP contribution in [0.2, 0.25) is 0 Å². The van der Waals surface area contributed by atoms with Gasteiger partial charge < -0.3 is 5.73 Å². The molecular formula is C23H25ClN4O2. The van der Waals surface area contributed by atoms with Gasteiger partial charge in [-0.1, -0.05) is 54.6 Å². The minimum absolute atomic E-state index is 0. The first-order chi connectivity index (χ1) is 14.1. The molecule has 3 aliphatic rings. The third-order valence-corrected chi connectivity index (χ3v) is 6.69.